The van der Waals surface area contributed by atoms with Crippen LogP contribution in [0.2, 0.25) is 5.02 Å². The number of carbonyl (C=O) groups is 1. The number of thioether (sulfide) groups is 1. The number of rotatable bonds is 8. The molecule has 2 aromatic heterocycles. The Balaban J connectivity index is 1.47. The number of nitrogens with zero attached hydrogens (tertiary/aromatic N) is 4. The monoisotopic (exact) mass is 469 g/mol. The summed E-state index contributed by atoms with van der Waals surface area (Å²) in [5.74, 6) is 1.29. The van der Waals surface area contributed by atoms with Gasteiger partial charge in [0.2, 0.25) is 11.1 Å². The van der Waals surface area contributed by atoms with Gasteiger partial charge in [0.25, 0.3) is 0 Å². The number of hydrogen-bond acceptors (Lipinski definition) is 7. The number of fused-ring (bicyclic) bond motifs is 1. The molecule has 2 aromatic carbocycles. The van der Waals surface area contributed by atoms with Gasteiger partial charge in [-0.15, -0.1) is 10.2 Å². The third-order valence-electron chi connectivity index (χ3n) is 4.68. The van der Waals surface area contributed by atoms with Crippen molar-refractivity contribution in [3.8, 4) is 22.8 Å². The lowest BCUT2D eigenvalue weighted by Gasteiger charge is -2.09. The van der Waals surface area contributed by atoms with Crippen LogP contribution in [0, 0.1) is 0 Å². The van der Waals surface area contributed by atoms with Crippen LogP contribution in [-0.4, -0.2) is 45.7 Å². The van der Waals surface area contributed by atoms with Crippen LogP contribution in [0.5, 0.6) is 11.5 Å². The number of methoxy groups -OCH3 is 2. The lowest BCUT2D eigenvalue weighted by molar-refractivity contribution is -0.118. The molecule has 0 saturated heterocycles. The number of hydrogen-bond donors (Lipinski definition) is 1. The van der Waals surface area contributed by atoms with Crippen LogP contribution in [-0.2, 0) is 11.3 Å². The van der Waals surface area contributed by atoms with Gasteiger partial charge in [-0.3, -0.25) is 4.79 Å². The first-order valence-electron chi connectivity index (χ1n) is 9.67. The van der Waals surface area contributed by atoms with Crippen molar-refractivity contribution in [3.63, 3.8) is 0 Å². The van der Waals surface area contributed by atoms with Gasteiger partial charge in [0.15, 0.2) is 17.1 Å². The van der Waals surface area contributed by atoms with Crippen LogP contribution in [0.25, 0.3) is 16.9 Å². The molecule has 0 aliphatic rings. The van der Waals surface area contributed by atoms with Crippen LogP contribution < -0.4 is 14.8 Å². The Morgan fingerprint density at radius 2 is 1.88 bits per heavy atom. The maximum atomic E-state index is 12.3. The second-order valence-electron chi connectivity index (χ2n) is 6.70. The minimum absolute atomic E-state index is 0.136. The Hall–Kier alpha value is -3.30. The highest BCUT2D eigenvalue weighted by molar-refractivity contribution is 7.99. The molecule has 4 rings (SSSR count). The van der Waals surface area contributed by atoms with Crippen molar-refractivity contribution in [2.45, 2.75) is 11.7 Å². The second-order valence-corrected chi connectivity index (χ2v) is 8.05. The summed E-state index contributed by atoms with van der Waals surface area (Å²) in [6.45, 7) is 0.362. The van der Waals surface area contributed by atoms with Gasteiger partial charge in [0.1, 0.15) is 0 Å². The lowest BCUT2D eigenvalue weighted by atomic mass is 10.1. The summed E-state index contributed by atoms with van der Waals surface area (Å²) in [6, 6.07) is 16.7. The fourth-order valence-electron chi connectivity index (χ4n) is 3.03. The van der Waals surface area contributed by atoms with Gasteiger partial charge in [-0.1, -0.05) is 41.6 Å². The SMILES string of the molecule is COc1ccc(-c2ccc3nnc(SCC(=O)NCc4ccccc4Cl)n3n2)cc1OC. The van der Waals surface area contributed by atoms with E-state index in [4.69, 9.17) is 21.1 Å². The molecule has 0 bridgehead atoms. The fraction of sp³-hybridized carbons (Fsp3) is 0.182. The van der Waals surface area contributed by atoms with Gasteiger partial charge in [0.05, 0.1) is 25.7 Å². The van der Waals surface area contributed by atoms with E-state index in [9.17, 15) is 4.79 Å². The average molecular weight is 470 g/mol. The Kier molecular flexibility index (Phi) is 6.77. The smallest absolute Gasteiger partial charge is 0.230 e. The fourth-order valence-corrected chi connectivity index (χ4v) is 3.95. The quantitative estimate of drug-likeness (QED) is 0.392. The van der Waals surface area contributed by atoms with E-state index in [1.807, 2.05) is 48.5 Å². The van der Waals surface area contributed by atoms with Crippen molar-refractivity contribution in [2.24, 2.45) is 0 Å². The summed E-state index contributed by atoms with van der Waals surface area (Å²) < 4.78 is 12.3. The predicted octanol–water partition coefficient (Wildman–Crippen LogP) is 3.87. The molecular weight excluding hydrogens is 450 g/mol. The van der Waals surface area contributed by atoms with Crippen LogP contribution in [0.15, 0.2) is 59.8 Å². The van der Waals surface area contributed by atoms with Crippen LogP contribution in [0.3, 0.4) is 0 Å². The summed E-state index contributed by atoms with van der Waals surface area (Å²) in [6.07, 6.45) is 0. The van der Waals surface area contributed by atoms with Crippen LogP contribution in [0.4, 0.5) is 0 Å². The molecule has 8 nitrogen and oxygen atoms in total. The number of amides is 1. The Morgan fingerprint density at radius 3 is 2.66 bits per heavy atom. The summed E-state index contributed by atoms with van der Waals surface area (Å²) in [5, 5.41) is 16.9. The highest BCUT2D eigenvalue weighted by atomic mass is 35.5. The van der Waals surface area contributed by atoms with Crippen molar-refractivity contribution in [2.75, 3.05) is 20.0 Å². The van der Waals surface area contributed by atoms with Gasteiger partial charge in [0, 0.05) is 17.1 Å². The number of benzene rings is 2. The standard InChI is InChI=1S/C22H20ClN5O3S/c1-30-18-9-7-14(11-19(18)31-2)17-8-10-20-25-26-22(28(20)27-17)32-13-21(29)24-12-15-5-3-4-6-16(15)23/h3-11H,12-13H2,1-2H3,(H,24,29). The minimum atomic E-state index is -0.136. The van der Waals surface area contributed by atoms with Crippen molar-refractivity contribution >= 4 is 34.9 Å². The highest BCUT2D eigenvalue weighted by Gasteiger charge is 2.13. The minimum Gasteiger partial charge on any atom is -0.493 e. The molecule has 0 fully saturated rings. The van der Waals surface area contributed by atoms with E-state index in [-0.39, 0.29) is 11.7 Å². The molecular formula is C22H20ClN5O3S. The van der Waals surface area contributed by atoms with E-state index >= 15 is 0 Å². The molecule has 1 N–H and O–H groups in total. The van der Waals surface area contributed by atoms with Crippen LogP contribution >= 0.6 is 23.4 Å². The van der Waals surface area contributed by atoms with Crippen molar-refractivity contribution in [1.82, 2.24) is 25.1 Å². The maximum Gasteiger partial charge on any atom is 0.230 e. The number of carbonyl (C=O) groups excluding carboxylic acids is 1. The van der Waals surface area contributed by atoms with Gasteiger partial charge in [-0.25, -0.2) is 0 Å². The molecule has 10 heteroatoms. The van der Waals surface area contributed by atoms with E-state index < -0.39 is 0 Å². The summed E-state index contributed by atoms with van der Waals surface area (Å²) in [4.78, 5) is 12.3. The molecule has 164 valence electrons. The van der Waals surface area contributed by atoms with Gasteiger partial charge < -0.3 is 14.8 Å². The molecule has 0 saturated carbocycles. The average Bonchev–Trinajstić information content (AvgIpc) is 3.24. The summed E-state index contributed by atoms with van der Waals surface area (Å²) in [7, 11) is 3.18. The Morgan fingerprint density at radius 1 is 1.06 bits per heavy atom. The first-order chi connectivity index (χ1) is 15.6. The predicted molar refractivity (Wildman–Crippen MR) is 123 cm³/mol. The number of nitrogens with one attached hydrogen (secondary N) is 1. The molecule has 2 heterocycles. The molecule has 0 aliphatic carbocycles. The molecule has 4 aromatic rings. The van der Waals surface area contributed by atoms with Gasteiger partial charge in [-0.2, -0.15) is 9.61 Å². The zero-order chi connectivity index (χ0) is 22.5. The number of ether oxygens (including phenoxy) is 2. The zero-order valence-corrected chi connectivity index (χ0v) is 19.0. The maximum absolute atomic E-state index is 12.3. The molecule has 32 heavy (non-hydrogen) atoms. The van der Waals surface area contributed by atoms with Gasteiger partial charge >= 0.3 is 0 Å². The molecule has 1 amide bonds. The highest BCUT2D eigenvalue weighted by Crippen LogP contribution is 2.31. The van der Waals surface area contributed by atoms with Crippen molar-refractivity contribution in [3.05, 3.63) is 65.2 Å². The second kappa shape index (κ2) is 9.88. The first kappa shape index (κ1) is 21.9. The van der Waals surface area contributed by atoms with E-state index in [1.54, 1.807) is 24.8 Å². The van der Waals surface area contributed by atoms with Crippen molar-refractivity contribution in [1.29, 1.82) is 0 Å². The molecule has 0 spiro atoms. The van der Waals surface area contributed by atoms with Crippen molar-refractivity contribution < 1.29 is 14.3 Å². The Labute approximate surface area is 193 Å². The van der Waals surface area contributed by atoms with E-state index in [0.29, 0.717) is 39.6 Å². The third kappa shape index (κ3) is 4.79. The lowest BCUT2D eigenvalue weighted by Crippen LogP contribution is -2.24. The molecule has 0 unspecified atom stereocenters. The third-order valence-corrected chi connectivity index (χ3v) is 5.97. The topological polar surface area (TPSA) is 90.6 Å². The summed E-state index contributed by atoms with van der Waals surface area (Å²) in [5.41, 5.74) is 3.02. The normalized spacial score (nSPS) is 10.8. The zero-order valence-electron chi connectivity index (χ0n) is 17.4. The summed E-state index contributed by atoms with van der Waals surface area (Å²) >= 11 is 7.39. The largest absolute Gasteiger partial charge is 0.493 e. The number of aromatic nitrogens is 4. The molecule has 0 radical (unpaired) electrons. The Bertz CT molecular complexity index is 1260. The molecule has 0 atom stereocenters. The molecule has 0 aliphatic heterocycles. The van der Waals surface area contributed by atoms with Gasteiger partial charge in [-0.05, 0) is 42.0 Å². The van der Waals surface area contributed by atoms with Crippen LogP contribution in [0.1, 0.15) is 5.56 Å². The first-order valence-corrected chi connectivity index (χ1v) is 11.0. The van der Waals surface area contributed by atoms with E-state index in [2.05, 4.69) is 20.6 Å². The van der Waals surface area contributed by atoms with E-state index in [1.165, 1.54) is 11.8 Å². The number of halogens is 1. The van der Waals surface area contributed by atoms with E-state index in [0.717, 1.165) is 11.1 Å².